The number of hydrogen-bond donors (Lipinski definition) is 10. The number of carbonyl (C=O) groups excluding carboxylic acids is 2. The molecule has 1 aromatic heterocycles. The van der Waals surface area contributed by atoms with E-state index in [0.717, 1.165) is 10.8 Å². The molecule has 1 aromatic rings. The summed E-state index contributed by atoms with van der Waals surface area (Å²) in [6.07, 6.45) is -15.2. The number of phosphoric ester groups is 1. The molecule has 2 amide bonds. The minimum absolute atomic E-state index is 0.0229. The van der Waals surface area contributed by atoms with Crippen LogP contribution in [0, 0.1) is 0 Å². The largest absolute Gasteiger partial charge is 0.477 e. The zero-order valence-corrected chi connectivity index (χ0v) is 27.8. The molecule has 290 valence electrons. The van der Waals surface area contributed by atoms with Crippen molar-refractivity contribution in [3.05, 3.63) is 28.9 Å². The minimum Gasteiger partial charge on any atom is -0.477 e. The highest BCUT2D eigenvalue weighted by Gasteiger charge is 2.59. The maximum Gasteiger partial charge on any atom is 0.475 e. The van der Waals surface area contributed by atoms with Gasteiger partial charge in [-0.05, 0) is 6.07 Å². The van der Waals surface area contributed by atoms with Crippen LogP contribution in [0.4, 0.5) is 4.79 Å². The van der Waals surface area contributed by atoms with Gasteiger partial charge in [0.05, 0.1) is 45.2 Å². The standard InChI is InChI=1S/C26H41N4O20P/c1-44-5-6-45-7-8-46-25(41)28-10-16(34)29-17-13(32)9-26(23(38)39,49-21(17)18(35)14(33)11-31)50-51(42,43)47-12-15-19(36)20(37)22(48-15)30-4-2-3-27-24(30)40/h2-4,13-15,17-22,31-33,35-37H,5-12H2,1H3,(H,28,41)(H,29,34)(H,38,39)(H,42,43)/t13-,14-,15?,17-,18-,19-,20-,21?,22-,26-/m1/s1. The van der Waals surface area contributed by atoms with Gasteiger partial charge in [-0.15, -0.1) is 0 Å². The SMILES string of the molecule is COCCOCCOC(=O)NCC(=O)N[C@H]1C([C@H](O)[C@H](O)CO)O[C@](OP(=O)(O)OCC2O[C@@H](n3cccnc3=O)[C@H](O)[C@@H]2O)(C(=O)O)C[C@H]1O. The molecule has 2 saturated heterocycles. The Bertz CT molecular complexity index is 1420. The molecule has 25 heteroatoms. The highest BCUT2D eigenvalue weighted by atomic mass is 31.2. The lowest BCUT2D eigenvalue weighted by Gasteiger charge is -2.46. The quantitative estimate of drug-likeness (QED) is 0.0464. The molecule has 2 aliphatic rings. The number of methoxy groups -OCH3 is 1. The van der Waals surface area contributed by atoms with Crippen molar-refractivity contribution in [2.75, 3.05) is 53.3 Å². The second-order valence-electron chi connectivity index (χ2n) is 11.1. The van der Waals surface area contributed by atoms with Crippen molar-refractivity contribution in [2.24, 2.45) is 0 Å². The molecule has 0 saturated carbocycles. The Balaban J connectivity index is 1.68. The van der Waals surface area contributed by atoms with E-state index >= 15 is 0 Å². The number of phosphoric acid groups is 1. The van der Waals surface area contributed by atoms with Gasteiger partial charge in [0.1, 0.15) is 49.8 Å². The number of carbonyl (C=O) groups is 3. The third kappa shape index (κ3) is 11.4. The number of aliphatic carboxylic acids is 1. The van der Waals surface area contributed by atoms with E-state index in [1.165, 1.54) is 19.4 Å². The molecule has 0 spiro atoms. The summed E-state index contributed by atoms with van der Waals surface area (Å²) in [6.45, 7) is -2.56. The first-order chi connectivity index (χ1) is 24.1. The van der Waals surface area contributed by atoms with Gasteiger partial charge in [-0.3, -0.25) is 13.9 Å². The fraction of sp³-hybridized carbons (Fsp3) is 0.731. The van der Waals surface area contributed by atoms with Gasteiger partial charge in [-0.1, -0.05) is 0 Å². The third-order valence-corrected chi connectivity index (χ3v) is 8.45. The Morgan fingerprint density at radius 1 is 1.16 bits per heavy atom. The predicted octanol–water partition coefficient (Wildman–Crippen LogP) is -5.49. The van der Waals surface area contributed by atoms with Gasteiger partial charge in [0, 0.05) is 25.9 Å². The number of aliphatic hydroxyl groups excluding tert-OH is 6. The number of hydrogen-bond acceptors (Lipinski definition) is 19. The van der Waals surface area contributed by atoms with Crippen LogP contribution in [0.25, 0.3) is 0 Å². The van der Waals surface area contributed by atoms with Crippen LogP contribution in [-0.4, -0.2) is 176 Å². The lowest BCUT2D eigenvalue weighted by atomic mass is 9.88. The normalized spacial score (nSPS) is 30.2. The Morgan fingerprint density at radius 3 is 2.51 bits per heavy atom. The van der Waals surface area contributed by atoms with Crippen molar-refractivity contribution >= 4 is 25.8 Å². The molecule has 0 radical (unpaired) electrons. The van der Waals surface area contributed by atoms with E-state index in [1.54, 1.807) is 0 Å². The zero-order chi connectivity index (χ0) is 37.9. The molecule has 0 aliphatic carbocycles. The number of aromatic nitrogens is 2. The fourth-order valence-electron chi connectivity index (χ4n) is 4.90. The molecule has 3 rings (SSSR count). The highest BCUT2D eigenvalue weighted by molar-refractivity contribution is 7.47. The number of nitrogens with one attached hydrogen (secondary N) is 2. The summed E-state index contributed by atoms with van der Waals surface area (Å²) in [5, 5.41) is 76.1. The molecule has 3 heterocycles. The summed E-state index contributed by atoms with van der Waals surface area (Å²) in [7, 11) is -4.14. The van der Waals surface area contributed by atoms with Gasteiger partial charge in [-0.25, -0.2) is 28.5 Å². The topological polar surface area (TPSA) is 354 Å². The molecule has 0 bridgehead atoms. The van der Waals surface area contributed by atoms with Crippen molar-refractivity contribution < 1.29 is 92.3 Å². The van der Waals surface area contributed by atoms with E-state index in [9.17, 15) is 64.4 Å². The van der Waals surface area contributed by atoms with Crippen LogP contribution < -0.4 is 16.3 Å². The van der Waals surface area contributed by atoms with E-state index in [-0.39, 0.29) is 19.8 Å². The molecule has 51 heavy (non-hydrogen) atoms. The van der Waals surface area contributed by atoms with Gasteiger partial charge >= 0.3 is 25.6 Å². The number of ether oxygens (including phenoxy) is 5. The molecular weight excluding hydrogens is 719 g/mol. The lowest BCUT2D eigenvalue weighted by Crippen LogP contribution is -2.68. The van der Waals surface area contributed by atoms with E-state index in [1.807, 2.05) is 0 Å². The molecule has 2 aliphatic heterocycles. The van der Waals surface area contributed by atoms with E-state index < -0.39 is 118 Å². The molecule has 2 fully saturated rings. The first kappa shape index (κ1) is 42.2. The van der Waals surface area contributed by atoms with Gasteiger partial charge < -0.3 is 75.0 Å². The third-order valence-electron chi connectivity index (χ3n) is 7.44. The number of carboxylic acids is 1. The average Bonchev–Trinajstić information content (AvgIpc) is 3.37. The molecule has 10 N–H and O–H groups in total. The minimum atomic E-state index is -5.61. The molecule has 3 unspecified atom stereocenters. The van der Waals surface area contributed by atoms with Crippen LogP contribution in [0.2, 0.25) is 0 Å². The Morgan fingerprint density at radius 2 is 1.86 bits per heavy atom. The van der Waals surface area contributed by atoms with Gasteiger partial charge in [0.2, 0.25) is 5.91 Å². The van der Waals surface area contributed by atoms with Crippen molar-refractivity contribution in [3.63, 3.8) is 0 Å². The first-order valence-electron chi connectivity index (χ1n) is 15.1. The molecule has 24 nitrogen and oxygen atoms in total. The number of rotatable bonds is 19. The summed E-state index contributed by atoms with van der Waals surface area (Å²) in [6, 6.07) is -0.461. The van der Waals surface area contributed by atoms with Gasteiger partial charge in [0.15, 0.2) is 6.23 Å². The molecule has 0 aromatic carbocycles. The zero-order valence-electron chi connectivity index (χ0n) is 26.9. The van der Waals surface area contributed by atoms with E-state index in [2.05, 4.69) is 15.6 Å². The summed E-state index contributed by atoms with van der Waals surface area (Å²) in [5.74, 6) is -6.52. The molecule has 11 atom stereocenters. The lowest BCUT2D eigenvalue weighted by molar-refractivity contribution is -0.289. The van der Waals surface area contributed by atoms with E-state index in [0.29, 0.717) is 6.61 Å². The smallest absolute Gasteiger partial charge is 0.475 e. The van der Waals surface area contributed by atoms with Crippen LogP contribution in [0.1, 0.15) is 12.6 Å². The number of aliphatic hydroxyl groups is 6. The van der Waals surface area contributed by atoms with Crippen molar-refractivity contribution in [1.29, 1.82) is 0 Å². The Hall–Kier alpha value is -3.20. The monoisotopic (exact) mass is 760 g/mol. The van der Waals surface area contributed by atoms with Crippen LogP contribution in [0.5, 0.6) is 0 Å². The fourth-order valence-corrected chi connectivity index (χ4v) is 5.86. The predicted molar refractivity (Wildman–Crippen MR) is 160 cm³/mol. The van der Waals surface area contributed by atoms with E-state index in [4.69, 9.17) is 32.7 Å². The van der Waals surface area contributed by atoms with Crippen LogP contribution in [-0.2, 0) is 46.9 Å². The van der Waals surface area contributed by atoms with Crippen molar-refractivity contribution in [2.45, 2.75) is 67.2 Å². The van der Waals surface area contributed by atoms with Gasteiger partial charge in [0.25, 0.3) is 5.79 Å². The Labute approximate surface area is 288 Å². The maximum absolute atomic E-state index is 13.0. The number of carboxylic acid groups (broad SMARTS) is 1. The summed E-state index contributed by atoms with van der Waals surface area (Å²) in [5.41, 5.74) is -0.866. The highest BCUT2D eigenvalue weighted by Crippen LogP contribution is 2.51. The first-order valence-corrected chi connectivity index (χ1v) is 16.6. The van der Waals surface area contributed by atoms with Crippen LogP contribution in [0.3, 0.4) is 0 Å². The Kier molecular flexibility index (Phi) is 15.8. The number of nitrogens with zero attached hydrogens (tertiary/aromatic N) is 2. The average molecular weight is 761 g/mol. The van der Waals surface area contributed by atoms with Crippen molar-refractivity contribution in [3.8, 4) is 0 Å². The van der Waals surface area contributed by atoms with Crippen molar-refractivity contribution in [1.82, 2.24) is 20.2 Å². The van der Waals surface area contributed by atoms with Gasteiger partial charge in [-0.2, -0.15) is 0 Å². The summed E-state index contributed by atoms with van der Waals surface area (Å²) < 4.78 is 48.9. The number of alkyl carbamates (subject to hydrolysis) is 1. The summed E-state index contributed by atoms with van der Waals surface area (Å²) >= 11 is 0. The number of amides is 2. The van der Waals surface area contributed by atoms with Crippen LogP contribution >= 0.6 is 7.82 Å². The second-order valence-corrected chi connectivity index (χ2v) is 12.4. The summed E-state index contributed by atoms with van der Waals surface area (Å²) in [4.78, 5) is 62.9. The second kappa shape index (κ2) is 19.0. The molecular formula is C26H41N4O20P. The van der Waals surface area contributed by atoms with Crippen LogP contribution in [0.15, 0.2) is 23.3 Å². The maximum atomic E-state index is 13.0.